The Kier molecular flexibility index (Phi) is 4.89. The smallest absolute Gasteiger partial charge is 0.307 e. The molecule has 7 nitrogen and oxygen atoms in total. The van der Waals surface area contributed by atoms with Gasteiger partial charge in [0.15, 0.2) is 5.65 Å². The number of carboxylic acid groups (broad SMARTS) is 1. The molecule has 3 aromatic rings. The highest BCUT2D eigenvalue weighted by Crippen LogP contribution is 2.38. The molecule has 1 fully saturated rings. The van der Waals surface area contributed by atoms with E-state index in [1.165, 1.54) is 6.20 Å². The number of nitrogens with zero attached hydrogens (tertiary/aromatic N) is 3. The summed E-state index contributed by atoms with van der Waals surface area (Å²) >= 11 is 0. The van der Waals surface area contributed by atoms with Crippen LogP contribution in [-0.2, 0) is 17.6 Å². The standard InChI is InChI=1S/C20H20F2N4O3/c21-20(22)7-5-14(6-8-20)26-18-15(11-23-26)19(29)25-16(24-18)9-12-3-1-2-4-13(12)10-17(27)28/h1-4,11,14H,5-10H2,(H,27,28)(H,24,25,29). The number of aromatic nitrogens is 4. The van der Waals surface area contributed by atoms with Gasteiger partial charge in [-0.1, -0.05) is 24.3 Å². The van der Waals surface area contributed by atoms with Crippen molar-refractivity contribution in [3.05, 3.63) is 57.8 Å². The SMILES string of the molecule is O=C(O)Cc1ccccc1Cc1nc2c(cnn2C2CCC(F)(F)CC2)c(=O)[nH]1. The molecule has 2 heterocycles. The van der Waals surface area contributed by atoms with Gasteiger partial charge in [-0.25, -0.2) is 18.4 Å². The average Bonchev–Trinajstić information content (AvgIpc) is 3.07. The van der Waals surface area contributed by atoms with E-state index in [-0.39, 0.29) is 50.1 Å². The van der Waals surface area contributed by atoms with Gasteiger partial charge in [-0.2, -0.15) is 5.10 Å². The summed E-state index contributed by atoms with van der Waals surface area (Å²) in [6.45, 7) is 0. The van der Waals surface area contributed by atoms with E-state index in [1.807, 2.05) is 0 Å². The molecule has 1 saturated carbocycles. The number of H-pyrrole nitrogens is 1. The van der Waals surface area contributed by atoms with Crippen molar-refractivity contribution in [2.24, 2.45) is 0 Å². The summed E-state index contributed by atoms with van der Waals surface area (Å²) < 4.78 is 28.6. The number of fused-ring (bicyclic) bond motifs is 1. The van der Waals surface area contributed by atoms with Gasteiger partial charge in [0.05, 0.1) is 18.7 Å². The van der Waals surface area contributed by atoms with Crippen LogP contribution < -0.4 is 5.56 Å². The fourth-order valence-corrected chi connectivity index (χ4v) is 3.85. The molecule has 2 aromatic heterocycles. The monoisotopic (exact) mass is 402 g/mol. The van der Waals surface area contributed by atoms with Crippen molar-refractivity contribution in [1.82, 2.24) is 19.7 Å². The highest BCUT2D eigenvalue weighted by Gasteiger charge is 2.36. The molecule has 0 spiro atoms. The molecule has 0 bridgehead atoms. The Labute approximate surface area is 164 Å². The van der Waals surface area contributed by atoms with Gasteiger partial charge in [-0.3, -0.25) is 9.59 Å². The molecular weight excluding hydrogens is 382 g/mol. The second-order valence-corrected chi connectivity index (χ2v) is 7.44. The lowest BCUT2D eigenvalue weighted by molar-refractivity contribution is -0.136. The summed E-state index contributed by atoms with van der Waals surface area (Å²) in [6.07, 6.45) is 1.66. The Morgan fingerprint density at radius 1 is 1.24 bits per heavy atom. The minimum absolute atomic E-state index is 0.128. The molecule has 0 atom stereocenters. The van der Waals surface area contributed by atoms with Crippen LogP contribution in [0.1, 0.15) is 48.7 Å². The number of carboxylic acids is 1. The fraction of sp³-hybridized carbons (Fsp3) is 0.400. The Morgan fingerprint density at radius 3 is 2.62 bits per heavy atom. The third-order valence-electron chi connectivity index (χ3n) is 5.36. The molecule has 4 rings (SSSR count). The zero-order valence-electron chi connectivity index (χ0n) is 15.6. The number of halogens is 2. The largest absolute Gasteiger partial charge is 0.481 e. The first kappa shape index (κ1) is 19.2. The van der Waals surface area contributed by atoms with Crippen molar-refractivity contribution in [2.75, 3.05) is 0 Å². The molecule has 1 aliphatic carbocycles. The van der Waals surface area contributed by atoms with Crippen LogP contribution in [0.3, 0.4) is 0 Å². The van der Waals surface area contributed by atoms with Crippen molar-refractivity contribution < 1.29 is 18.7 Å². The molecule has 0 aliphatic heterocycles. The van der Waals surface area contributed by atoms with Crippen LogP contribution in [0.4, 0.5) is 8.78 Å². The normalized spacial score (nSPS) is 16.9. The zero-order valence-corrected chi connectivity index (χ0v) is 15.6. The first-order valence-electron chi connectivity index (χ1n) is 9.45. The Hall–Kier alpha value is -3.10. The summed E-state index contributed by atoms with van der Waals surface area (Å²) in [5.74, 6) is -3.21. The van der Waals surface area contributed by atoms with Crippen LogP contribution in [0.2, 0.25) is 0 Å². The summed E-state index contributed by atoms with van der Waals surface area (Å²) in [5.41, 5.74) is 1.41. The quantitative estimate of drug-likeness (QED) is 0.683. The second-order valence-electron chi connectivity index (χ2n) is 7.44. The molecular formula is C20H20F2N4O3. The van der Waals surface area contributed by atoms with Gasteiger partial charge < -0.3 is 10.1 Å². The first-order chi connectivity index (χ1) is 13.8. The van der Waals surface area contributed by atoms with Crippen LogP contribution >= 0.6 is 0 Å². The van der Waals surface area contributed by atoms with E-state index >= 15 is 0 Å². The number of aromatic amines is 1. The van der Waals surface area contributed by atoms with E-state index in [0.717, 1.165) is 5.56 Å². The Morgan fingerprint density at radius 2 is 1.93 bits per heavy atom. The number of hydrogen-bond donors (Lipinski definition) is 2. The maximum atomic E-state index is 13.5. The van der Waals surface area contributed by atoms with Gasteiger partial charge in [0.25, 0.3) is 5.56 Å². The van der Waals surface area contributed by atoms with Gasteiger partial charge in [-0.15, -0.1) is 0 Å². The Bertz CT molecular complexity index is 1110. The molecule has 1 aromatic carbocycles. The van der Waals surface area contributed by atoms with E-state index < -0.39 is 11.9 Å². The number of carbonyl (C=O) groups is 1. The maximum absolute atomic E-state index is 13.5. The zero-order chi connectivity index (χ0) is 20.6. The van der Waals surface area contributed by atoms with E-state index in [4.69, 9.17) is 5.11 Å². The van der Waals surface area contributed by atoms with Crippen LogP contribution in [-0.4, -0.2) is 36.7 Å². The van der Waals surface area contributed by atoms with Gasteiger partial charge in [0.1, 0.15) is 11.2 Å². The molecule has 0 amide bonds. The van der Waals surface area contributed by atoms with Crippen LogP contribution in [0.25, 0.3) is 11.0 Å². The van der Waals surface area contributed by atoms with Crippen molar-refractivity contribution in [3.8, 4) is 0 Å². The van der Waals surface area contributed by atoms with Gasteiger partial charge >= 0.3 is 5.97 Å². The fourth-order valence-electron chi connectivity index (χ4n) is 3.85. The minimum atomic E-state index is -2.65. The van der Waals surface area contributed by atoms with E-state index in [9.17, 15) is 18.4 Å². The van der Waals surface area contributed by atoms with Crippen molar-refractivity contribution in [2.45, 2.75) is 50.5 Å². The number of aliphatic carboxylic acids is 1. The van der Waals surface area contributed by atoms with Crippen LogP contribution in [0.15, 0.2) is 35.3 Å². The van der Waals surface area contributed by atoms with Gasteiger partial charge in [0.2, 0.25) is 5.92 Å². The second kappa shape index (κ2) is 7.38. The number of alkyl halides is 2. The predicted molar refractivity (Wildman–Crippen MR) is 101 cm³/mol. The first-order valence-corrected chi connectivity index (χ1v) is 9.45. The summed E-state index contributed by atoms with van der Waals surface area (Å²) in [7, 11) is 0. The molecule has 29 heavy (non-hydrogen) atoms. The Balaban J connectivity index is 1.67. The lowest BCUT2D eigenvalue weighted by atomic mass is 9.92. The number of hydrogen-bond acceptors (Lipinski definition) is 4. The van der Waals surface area contributed by atoms with Crippen LogP contribution in [0.5, 0.6) is 0 Å². The summed E-state index contributed by atoms with van der Waals surface area (Å²) in [5, 5.41) is 13.6. The predicted octanol–water partition coefficient (Wildman–Crippen LogP) is 3.09. The van der Waals surface area contributed by atoms with Gasteiger partial charge in [0, 0.05) is 19.3 Å². The van der Waals surface area contributed by atoms with E-state index in [1.54, 1.807) is 28.9 Å². The van der Waals surface area contributed by atoms with Crippen molar-refractivity contribution in [1.29, 1.82) is 0 Å². The number of benzene rings is 1. The molecule has 0 unspecified atom stereocenters. The lowest BCUT2D eigenvalue weighted by Crippen LogP contribution is -2.27. The van der Waals surface area contributed by atoms with E-state index in [2.05, 4.69) is 15.1 Å². The minimum Gasteiger partial charge on any atom is -0.481 e. The molecule has 9 heteroatoms. The third kappa shape index (κ3) is 4.03. The molecule has 2 N–H and O–H groups in total. The molecule has 0 radical (unpaired) electrons. The highest BCUT2D eigenvalue weighted by atomic mass is 19.3. The van der Waals surface area contributed by atoms with E-state index in [0.29, 0.717) is 22.4 Å². The highest BCUT2D eigenvalue weighted by molar-refractivity contribution is 5.73. The van der Waals surface area contributed by atoms with Crippen LogP contribution in [0, 0.1) is 0 Å². The summed E-state index contributed by atoms with van der Waals surface area (Å²) in [4.78, 5) is 30.8. The maximum Gasteiger partial charge on any atom is 0.307 e. The molecule has 152 valence electrons. The lowest BCUT2D eigenvalue weighted by Gasteiger charge is -2.28. The molecule has 0 saturated heterocycles. The average molecular weight is 402 g/mol. The van der Waals surface area contributed by atoms with Gasteiger partial charge in [-0.05, 0) is 24.0 Å². The third-order valence-corrected chi connectivity index (χ3v) is 5.36. The van der Waals surface area contributed by atoms with Crippen molar-refractivity contribution in [3.63, 3.8) is 0 Å². The summed E-state index contributed by atoms with van der Waals surface area (Å²) in [6, 6.07) is 6.85. The van der Waals surface area contributed by atoms with Crippen molar-refractivity contribution >= 4 is 17.0 Å². The number of nitrogens with one attached hydrogen (secondary N) is 1. The molecule has 1 aliphatic rings. The number of rotatable bonds is 5. The topological polar surface area (TPSA) is 101 Å².